The van der Waals surface area contributed by atoms with Gasteiger partial charge in [0.25, 0.3) is 0 Å². The van der Waals surface area contributed by atoms with Crippen molar-refractivity contribution in [2.24, 2.45) is 5.73 Å². The van der Waals surface area contributed by atoms with Gasteiger partial charge in [-0.3, -0.25) is 0 Å². The smallest absolute Gasteiger partial charge is 0.248 e. The number of thiophene rings is 1. The Balaban J connectivity index is 1.93. The number of nitrogens with zero attached hydrogens (tertiary/aromatic N) is 2. The maximum atomic E-state index is 6.11. The Labute approximate surface area is 118 Å². The van der Waals surface area contributed by atoms with Gasteiger partial charge in [-0.25, -0.2) is 0 Å². The van der Waals surface area contributed by atoms with Gasteiger partial charge in [0.05, 0.1) is 0 Å². The molecule has 1 aromatic carbocycles. The average molecular weight is 292 g/mol. The number of halogens is 1. The highest BCUT2D eigenvalue weighted by Gasteiger charge is 2.19. The third kappa shape index (κ3) is 2.40. The van der Waals surface area contributed by atoms with E-state index in [0.717, 1.165) is 11.1 Å². The Kier molecular flexibility index (Phi) is 3.33. The van der Waals surface area contributed by atoms with E-state index in [9.17, 15) is 0 Å². The Bertz CT molecular complexity index is 681. The summed E-state index contributed by atoms with van der Waals surface area (Å²) in [6.45, 7) is 0. The van der Waals surface area contributed by atoms with Gasteiger partial charge in [-0.05, 0) is 23.1 Å². The average Bonchev–Trinajstić information content (AvgIpc) is 3.09. The highest BCUT2D eigenvalue weighted by Crippen LogP contribution is 2.27. The van der Waals surface area contributed by atoms with Crippen LogP contribution in [0.1, 0.15) is 17.5 Å². The van der Waals surface area contributed by atoms with Crippen LogP contribution in [0.5, 0.6) is 0 Å². The molecule has 3 aromatic rings. The molecule has 2 N–H and O–H groups in total. The minimum absolute atomic E-state index is 0.356. The zero-order valence-electron chi connectivity index (χ0n) is 9.79. The summed E-state index contributed by atoms with van der Waals surface area (Å²) in [5.74, 6) is 0.896. The first-order valence-corrected chi connectivity index (χ1v) is 6.94. The molecule has 2 aromatic heterocycles. The second-order valence-corrected chi connectivity index (χ2v) is 5.15. The second kappa shape index (κ2) is 5.13. The number of hydrogen-bond donors (Lipinski definition) is 1. The number of aromatic nitrogens is 2. The van der Waals surface area contributed by atoms with Crippen molar-refractivity contribution in [2.75, 3.05) is 0 Å². The van der Waals surface area contributed by atoms with Crippen LogP contribution in [0.3, 0.4) is 0 Å². The summed E-state index contributed by atoms with van der Waals surface area (Å²) in [6.07, 6.45) is 0. The number of hydrogen-bond acceptors (Lipinski definition) is 5. The van der Waals surface area contributed by atoms with Gasteiger partial charge >= 0.3 is 0 Å². The molecule has 0 unspecified atom stereocenters. The van der Waals surface area contributed by atoms with Crippen LogP contribution in [0.25, 0.3) is 11.4 Å². The number of rotatable bonds is 3. The molecule has 96 valence electrons. The lowest BCUT2D eigenvalue weighted by molar-refractivity contribution is 0.367. The standard InChI is InChI=1S/C13H10ClN3OS/c14-10-4-2-1-3-9(10)11(15)13-16-12(17-18-13)8-5-6-19-7-8/h1-7,11H,15H2/t11-/m1/s1. The summed E-state index contributed by atoms with van der Waals surface area (Å²) in [7, 11) is 0. The van der Waals surface area contributed by atoms with Crippen LogP contribution < -0.4 is 5.73 Å². The van der Waals surface area contributed by atoms with E-state index in [1.54, 1.807) is 17.4 Å². The summed E-state index contributed by atoms with van der Waals surface area (Å²) in [4.78, 5) is 4.32. The van der Waals surface area contributed by atoms with Gasteiger partial charge in [-0.1, -0.05) is 35.0 Å². The first-order chi connectivity index (χ1) is 9.25. The highest BCUT2D eigenvalue weighted by molar-refractivity contribution is 7.08. The number of nitrogens with two attached hydrogens (primary N) is 1. The van der Waals surface area contributed by atoms with Crippen LogP contribution in [0, 0.1) is 0 Å². The molecule has 0 saturated heterocycles. The summed E-state index contributed by atoms with van der Waals surface area (Å²) in [6, 6.07) is 8.77. The van der Waals surface area contributed by atoms with Crippen molar-refractivity contribution in [1.82, 2.24) is 10.1 Å². The molecule has 4 nitrogen and oxygen atoms in total. The Morgan fingerprint density at radius 3 is 2.84 bits per heavy atom. The van der Waals surface area contributed by atoms with Gasteiger partial charge in [-0.2, -0.15) is 16.3 Å². The van der Waals surface area contributed by atoms with E-state index in [1.165, 1.54) is 0 Å². The molecule has 0 aliphatic heterocycles. The lowest BCUT2D eigenvalue weighted by Gasteiger charge is -2.08. The normalized spacial score (nSPS) is 12.5. The van der Waals surface area contributed by atoms with Crippen molar-refractivity contribution >= 4 is 22.9 Å². The largest absolute Gasteiger partial charge is 0.337 e. The monoisotopic (exact) mass is 291 g/mol. The van der Waals surface area contributed by atoms with E-state index >= 15 is 0 Å². The minimum atomic E-state index is -0.520. The molecule has 0 saturated carbocycles. The first kappa shape index (κ1) is 12.3. The highest BCUT2D eigenvalue weighted by atomic mass is 35.5. The summed E-state index contributed by atoms with van der Waals surface area (Å²) in [5.41, 5.74) is 7.80. The summed E-state index contributed by atoms with van der Waals surface area (Å²) in [5, 5.41) is 8.43. The minimum Gasteiger partial charge on any atom is -0.337 e. The topological polar surface area (TPSA) is 64.9 Å². The van der Waals surface area contributed by atoms with Gasteiger partial charge in [0.2, 0.25) is 11.7 Å². The quantitative estimate of drug-likeness (QED) is 0.802. The molecule has 0 aliphatic rings. The Hall–Kier alpha value is -1.69. The Morgan fingerprint density at radius 2 is 2.11 bits per heavy atom. The van der Waals surface area contributed by atoms with Gasteiger partial charge < -0.3 is 10.3 Å². The molecule has 19 heavy (non-hydrogen) atoms. The van der Waals surface area contributed by atoms with Crippen LogP contribution >= 0.6 is 22.9 Å². The predicted octanol–water partition coefficient (Wildman–Crippen LogP) is 3.50. The third-order valence-corrected chi connectivity index (χ3v) is 3.75. The van der Waals surface area contributed by atoms with E-state index < -0.39 is 6.04 Å². The van der Waals surface area contributed by atoms with Crippen molar-refractivity contribution in [3.8, 4) is 11.4 Å². The van der Waals surface area contributed by atoms with Gasteiger partial charge in [-0.15, -0.1) is 0 Å². The van der Waals surface area contributed by atoms with E-state index in [2.05, 4.69) is 10.1 Å². The molecule has 3 rings (SSSR count). The van der Waals surface area contributed by atoms with Gasteiger partial charge in [0.15, 0.2) is 0 Å². The van der Waals surface area contributed by atoms with Crippen molar-refractivity contribution < 1.29 is 4.52 Å². The Morgan fingerprint density at radius 1 is 1.26 bits per heavy atom. The van der Waals surface area contributed by atoms with Gasteiger partial charge in [0.1, 0.15) is 6.04 Å². The molecule has 0 aliphatic carbocycles. The van der Waals surface area contributed by atoms with Crippen molar-refractivity contribution in [1.29, 1.82) is 0 Å². The molecule has 0 bridgehead atoms. The molecule has 6 heteroatoms. The lowest BCUT2D eigenvalue weighted by atomic mass is 10.1. The van der Waals surface area contributed by atoms with E-state index in [0.29, 0.717) is 16.7 Å². The summed E-state index contributed by atoms with van der Waals surface area (Å²) >= 11 is 7.68. The van der Waals surface area contributed by atoms with Crippen LogP contribution in [-0.4, -0.2) is 10.1 Å². The molecular formula is C13H10ClN3OS. The lowest BCUT2D eigenvalue weighted by Crippen LogP contribution is -2.12. The molecular weight excluding hydrogens is 282 g/mol. The van der Waals surface area contributed by atoms with Crippen molar-refractivity contribution in [3.05, 3.63) is 57.6 Å². The maximum absolute atomic E-state index is 6.11. The number of benzene rings is 1. The molecule has 0 radical (unpaired) electrons. The molecule has 0 fully saturated rings. The van der Waals surface area contributed by atoms with Crippen LogP contribution in [0.4, 0.5) is 0 Å². The fourth-order valence-electron chi connectivity index (χ4n) is 1.73. The molecule has 0 spiro atoms. The molecule has 2 heterocycles. The van der Waals surface area contributed by atoms with E-state index in [4.69, 9.17) is 21.9 Å². The van der Waals surface area contributed by atoms with Crippen molar-refractivity contribution in [2.45, 2.75) is 6.04 Å². The van der Waals surface area contributed by atoms with Crippen LogP contribution in [0.15, 0.2) is 45.6 Å². The molecule has 1 atom stereocenters. The zero-order chi connectivity index (χ0) is 13.2. The van der Waals surface area contributed by atoms with Crippen LogP contribution in [0.2, 0.25) is 5.02 Å². The van der Waals surface area contributed by atoms with Gasteiger partial charge in [0, 0.05) is 16.0 Å². The van der Waals surface area contributed by atoms with E-state index in [-0.39, 0.29) is 0 Å². The molecule has 0 amide bonds. The fourth-order valence-corrected chi connectivity index (χ4v) is 2.62. The first-order valence-electron chi connectivity index (χ1n) is 5.62. The second-order valence-electron chi connectivity index (χ2n) is 3.97. The maximum Gasteiger partial charge on any atom is 0.248 e. The third-order valence-electron chi connectivity index (χ3n) is 2.73. The summed E-state index contributed by atoms with van der Waals surface area (Å²) < 4.78 is 5.22. The van der Waals surface area contributed by atoms with E-state index in [1.807, 2.05) is 35.0 Å². The SMILES string of the molecule is N[C@@H](c1nc(-c2ccsc2)no1)c1ccccc1Cl. The fraction of sp³-hybridized carbons (Fsp3) is 0.0769. The van der Waals surface area contributed by atoms with Crippen molar-refractivity contribution in [3.63, 3.8) is 0 Å². The zero-order valence-corrected chi connectivity index (χ0v) is 11.4. The predicted molar refractivity (Wildman–Crippen MR) is 75.1 cm³/mol. The van der Waals surface area contributed by atoms with Crippen LogP contribution in [-0.2, 0) is 0 Å².